The lowest BCUT2D eigenvalue weighted by atomic mass is 10.3. The van der Waals surface area contributed by atoms with Crippen LogP contribution >= 0.6 is 57.5 Å². The Morgan fingerprint density at radius 3 is 2.69 bits per heavy atom. The summed E-state index contributed by atoms with van der Waals surface area (Å²) < 4.78 is 3.10. The van der Waals surface area contributed by atoms with Crippen molar-refractivity contribution in [2.45, 2.75) is 13.6 Å². The molecule has 0 aliphatic carbocycles. The molecular formula is C9H8IN3S3. The van der Waals surface area contributed by atoms with Gasteiger partial charge in [-0.05, 0) is 47.0 Å². The molecule has 2 rings (SSSR count). The number of hydrogen-bond donors (Lipinski definition) is 1. The van der Waals surface area contributed by atoms with Crippen LogP contribution in [0.25, 0.3) is 0 Å². The highest BCUT2D eigenvalue weighted by atomic mass is 127. The highest BCUT2D eigenvalue weighted by molar-refractivity contribution is 14.1. The van der Waals surface area contributed by atoms with Gasteiger partial charge in [0.15, 0.2) is 8.68 Å². The van der Waals surface area contributed by atoms with Gasteiger partial charge in [0.2, 0.25) is 0 Å². The minimum atomic E-state index is 0.788. The molecule has 0 fully saturated rings. The number of benzene rings is 1. The smallest absolute Gasteiger partial charge is 0.179 e. The molecule has 0 spiro atoms. The number of aromatic nitrogens is 2. The number of nitrogen functional groups attached to an aromatic ring is 1. The van der Waals surface area contributed by atoms with Crippen molar-refractivity contribution in [1.29, 1.82) is 0 Å². The average molecular weight is 381 g/mol. The van der Waals surface area contributed by atoms with Gasteiger partial charge >= 0.3 is 0 Å². The van der Waals surface area contributed by atoms with Crippen LogP contribution in [0.4, 0.5) is 5.69 Å². The summed E-state index contributed by atoms with van der Waals surface area (Å²) in [5.74, 6) is 0. The molecule has 0 saturated heterocycles. The molecule has 1 aromatic carbocycles. The van der Waals surface area contributed by atoms with Crippen LogP contribution < -0.4 is 5.73 Å². The van der Waals surface area contributed by atoms with E-state index in [9.17, 15) is 0 Å². The maximum absolute atomic E-state index is 5.70. The standard InChI is InChI=1S/C9H8IN3S3/c1-14-8-12-13-9(16-8)15-7-3-2-5(11)4-6(7)10/h2-4H,11H2,1H3. The fraction of sp³-hybridized carbons (Fsp3) is 0.111. The number of nitrogens with two attached hydrogens (primary N) is 1. The third-order valence-electron chi connectivity index (χ3n) is 1.72. The van der Waals surface area contributed by atoms with Crippen LogP contribution in [-0.2, 0) is 0 Å². The summed E-state index contributed by atoms with van der Waals surface area (Å²) in [6.45, 7) is 0. The fourth-order valence-corrected chi connectivity index (χ4v) is 4.28. The molecule has 0 radical (unpaired) electrons. The SMILES string of the molecule is CSc1nnc(Sc2ccc(N)cc2I)s1. The van der Waals surface area contributed by atoms with Crippen LogP contribution in [0.2, 0.25) is 0 Å². The van der Waals surface area contributed by atoms with Crippen molar-refractivity contribution in [2.24, 2.45) is 0 Å². The van der Waals surface area contributed by atoms with Gasteiger partial charge in [-0.15, -0.1) is 10.2 Å². The van der Waals surface area contributed by atoms with Crippen molar-refractivity contribution >= 4 is 63.1 Å². The van der Waals surface area contributed by atoms with Gasteiger partial charge in [-0.1, -0.05) is 34.9 Å². The second kappa shape index (κ2) is 5.56. The molecule has 0 unspecified atom stereocenters. The van der Waals surface area contributed by atoms with Crippen molar-refractivity contribution in [2.75, 3.05) is 12.0 Å². The van der Waals surface area contributed by atoms with E-state index >= 15 is 0 Å². The van der Waals surface area contributed by atoms with Crippen molar-refractivity contribution in [3.8, 4) is 0 Å². The second-order valence-corrected chi connectivity index (χ2v) is 7.31. The summed E-state index contributed by atoms with van der Waals surface area (Å²) in [5.41, 5.74) is 6.49. The molecule has 0 atom stereocenters. The van der Waals surface area contributed by atoms with Crippen molar-refractivity contribution in [3.63, 3.8) is 0 Å². The highest BCUT2D eigenvalue weighted by Gasteiger charge is 2.07. The third kappa shape index (κ3) is 3.02. The minimum absolute atomic E-state index is 0.788. The van der Waals surface area contributed by atoms with Crippen LogP contribution in [0.5, 0.6) is 0 Å². The second-order valence-electron chi connectivity index (χ2n) is 2.83. The number of nitrogens with zero attached hydrogens (tertiary/aromatic N) is 2. The average Bonchev–Trinajstić information content (AvgIpc) is 2.70. The molecule has 0 aliphatic heterocycles. The zero-order chi connectivity index (χ0) is 11.5. The lowest BCUT2D eigenvalue weighted by molar-refractivity contribution is 0.955. The maximum atomic E-state index is 5.70. The summed E-state index contributed by atoms with van der Waals surface area (Å²) >= 11 is 7.13. The zero-order valence-corrected chi connectivity index (χ0v) is 12.9. The summed E-state index contributed by atoms with van der Waals surface area (Å²) in [5, 5.41) is 8.18. The van der Waals surface area contributed by atoms with E-state index in [0.717, 1.165) is 17.9 Å². The number of hydrogen-bond acceptors (Lipinski definition) is 6. The van der Waals surface area contributed by atoms with Gasteiger partial charge in [-0.3, -0.25) is 0 Å². The van der Waals surface area contributed by atoms with Gasteiger partial charge in [0.1, 0.15) is 0 Å². The number of rotatable bonds is 3. The molecule has 3 nitrogen and oxygen atoms in total. The van der Waals surface area contributed by atoms with E-state index in [0.29, 0.717) is 0 Å². The predicted molar refractivity (Wildman–Crippen MR) is 79.4 cm³/mol. The molecule has 0 amide bonds. The molecule has 2 N–H and O–H groups in total. The molecule has 2 aromatic rings. The molecule has 0 bridgehead atoms. The van der Waals surface area contributed by atoms with Gasteiger partial charge in [-0.2, -0.15) is 0 Å². The van der Waals surface area contributed by atoms with Crippen molar-refractivity contribution < 1.29 is 0 Å². The zero-order valence-electron chi connectivity index (χ0n) is 8.31. The Hall–Kier alpha value is 0.01000. The van der Waals surface area contributed by atoms with Crippen LogP contribution in [-0.4, -0.2) is 16.5 Å². The molecule has 0 saturated carbocycles. The van der Waals surface area contributed by atoms with Crippen LogP contribution in [0, 0.1) is 3.57 Å². The first kappa shape index (κ1) is 12.5. The van der Waals surface area contributed by atoms with E-state index in [-0.39, 0.29) is 0 Å². The molecule has 1 aromatic heterocycles. The normalized spacial score (nSPS) is 10.6. The van der Waals surface area contributed by atoms with E-state index in [1.807, 2.05) is 24.5 Å². The van der Waals surface area contributed by atoms with Crippen molar-refractivity contribution in [1.82, 2.24) is 10.2 Å². The largest absolute Gasteiger partial charge is 0.399 e. The summed E-state index contributed by atoms with van der Waals surface area (Å²) in [7, 11) is 0. The van der Waals surface area contributed by atoms with Gasteiger partial charge < -0.3 is 5.73 Å². The summed E-state index contributed by atoms with van der Waals surface area (Å²) in [4.78, 5) is 1.17. The maximum Gasteiger partial charge on any atom is 0.179 e. The Labute approximate surface area is 120 Å². The van der Waals surface area contributed by atoms with E-state index in [1.54, 1.807) is 34.9 Å². The van der Waals surface area contributed by atoms with Gasteiger partial charge in [0.05, 0.1) is 0 Å². The minimum Gasteiger partial charge on any atom is -0.399 e. The fourth-order valence-electron chi connectivity index (χ4n) is 1.01. The first-order chi connectivity index (χ1) is 7.69. The number of thioether (sulfide) groups is 1. The van der Waals surface area contributed by atoms with Gasteiger partial charge in [-0.25, -0.2) is 0 Å². The molecular weight excluding hydrogens is 373 g/mol. The molecule has 1 heterocycles. The summed E-state index contributed by atoms with van der Waals surface area (Å²) in [6, 6.07) is 5.88. The van der Waals surface area contributed by atoms with Gasteiger partial charge in [0.25, 0.3) is 0 Å². The van der Waals surface area contributed by atoms with Crippen LogP contribution in [0.3, 0.4) is 0 Å². The van der Waals surface area contributed by atoms with Gasteiger partial charge in [0, 0.05) is 14.2 Å². The Morgan fingerprint density at radius 2 is 2.06 bits per heavy atom. The Kier molecular flexibility index (Phi) is 4.34. The number of halogens is 1. The molecule has 84 valence electrons. The first-order valence-electron chi connectivity index (χ1n) is 4.29. The van der Waals surface area contributed by atoms with Crippen molar-refractivity contribution in [3.05, 3.63) is 21.8 Å². The Balaban J connectivity index is 2.20. The number of anilines is 1. The lowest BCUT2D eigenvalue weighted by Crippen LogP contribution is -1.86. The third-order valence-corrected chi connectivity index (χ3v) is 6.00. The predicted octanol–water partition coefficient (Wildman–Crippen LogP) is 3.60. The monoisotopic (exact) mass is 381 g/mol. The van der Waals surface area contributed by atoms with E-state index in [1.165, 1.54) is 4.90 Å². The molecule has 16 heavy (non-hydrogen) atoms. The lowest BCUT2D eigenvalue weighted by Gasteiger charge is -2.01. The molecule has 7 heteroatoms. The van der Waals surface area contributed by atoms with E-state index < -0.39 is 0 Å². The van der Waals surface area contributed by atoms with E-state index in [4.69, 9.17) is 5.73 Å². The topological polar surface area (TPSA) is 51.8 Å². The van der Waals surface area contributed by atoms with Crippen LogP contribution in [0.1, 0.15) is 0 Å². The summed E-state index contributed by atoms with van der Waals surface area (Å²) in [6.07, 6.45) is 2.00. The Morgan fingerprint density at radius 1 is 1.31 bits per heavy atom. The quantitative estimate of drug-likeness (QED) is 0.500. The first-order valence-corrected chi connectivity index (χ1v) is 8.23. The van der Waals surface area contributed by atoms with E-state index in [2.05, 4.69) is 32.8 Å². The Bertz CT molecular complexity index is 500. The van der Waals surface area contributed by atoms with Crippen LogP contribution in [0.15, 0.2) is 31.8 Å². The molecule has 0 aliphatic rings. The highest BCUT2D eigenvalue weighted by Crippen LogP contribution is 2.35.